The standard InChI is InChI=1S/C10H18N4/c1-3-9-10(7-13(2)12-9)14-5-4-8(11)6-14/h7-8H,3-6,11H2,1-2H3. The molecule has 1 unspecified atom stereocenters. The Morgan fingerprint density at radius 2 is 2.43 bits per heavy atom. The Labute approximate surface area is 84.7 Å². The molecular weight excluding hydrogens is 176 g/mol. The van der Waals surface area contributed by atoms with Crippen molar-refractivity contribution in [2.45, 2.75) is 25.8 Å². The van der Waals surface area contributed by atoms with Crippen LogP contribution in [0.4, 0.5) is 5.69 Å². The molecule has 4 heteroatoms. The highest BCUT2D eigenvalue weighted by Gasteiger charge is 2.22. The van der Waals surface area contributed by atoms with Gasteiger partial charge in [-0.25, -0.2) is 0 Å². The van der Waals surface area contributed by atoms with Crippen LogP contribution in [-0.4, -0.2) is 28.9 Å². The molecule has 2 heterocycles. The van der Waals surface area contributed by atoms with E-state index in [2.05, 4.69) is 23.1 Å². The molecule has 2 N–H and O–H groups in total. The molecule has 0 aromatic carbocycles. The molecule has 0 radical (unpaired) electrons. The fourth-order valence-corrected chi connectivity index (χ4v) is 2.04. The average Bonchev–Trinajstić information content (AvgIpc) is 2.71. The van der Waals surface area contributed by atoms with Gasteiger partial charge in [-0.15, -0.1) is 0 Å². The number of rotatable bonds is 2. The van der Waals surface area contributed by atoms with E-state index >= 15 is 0 Å². The highest BCUT2D eigenvalue weighted by Crippen LogP contribution is 2.23. The topological polar surface area (TPSA) is 47.1 Å². The third-order valence-electron chi connectivity index (χ3n) is 2.78. The summed E-state index contributed by atoms with van der Waals surface area (Å²) in [6.07, 6.45) is 4.18. The van der Waals surface area contributed by atoms with Crippen molar-refractivity contribution in [1.82, 2.24) is 9.78 Å². The third kappa shape index (κ3) is 1.62. The highest BCUT2D eigenvalue weighted by atomic mass is 15.3. The van der Waals surface area contributed by atoms with E-state index in [-0.39, 0.29) is 0 Å². The molecule has 78 valence electrons. The summed E-state index contributed by atoms with van der Waals surface area (Å²) >= 11 is 0. The number of aromatic nitrogens is 2. The van der Waals surface area contributed by atoms with Gasteiger partial charge in [0.2, 0.25) is 0 Å². The molecule has 4 nitrogen and oxygen atoms in total. The molecule has 0 spiro atoms. The van der Waals surface area contributed by atoms with Gasteiger partial charge in [0.05, 0.1) is 11.4 Å². The Morgan fingerprint density at radius 3 is 3.00 bits per heavy atom. The van der Waals surface area contributed by atoms with Crippen LogP contribution in [0.25, 0.3) is 0 Å². The van der Waals surface area contributed by atoms with Gasteiger partial charge < -0.3 is 10.6 Å². The fraction of sp³-hybridized carbons (Fsp3) is 0.700. The summed E-state index contributed by atoms with van der Waals surface area (Å²) in [5, 5.41) is 4.43. The van der Waals surface area contributed by atoms with E-state index in [0.29, 0.717) is 6.04 Å². The molecule has 1 fully saturated rings. The zero-order valence-electron chi connectivity index (χ0n) is 8.90. The first-order chi connectivity index (χ1) is 6.70. The molecule has 14 heavy (non-hydrogen) atoms. The van der Waals surface area contributed by atoms with Crippen LogP contribution in [0.5, 0.6) is 0 Å². The van der Waals surface area contributed by atoms with Gasteiger partial charge in [0.1, 0.15) is 0 Å². The number of nitrogens with two attached hydrogens (primary N) is 1. The summed E-state index contributed by atoms with van der Waals surface area (Å²) in [4.78, 5) is 2.34. The molecule has 0 saturated carbocycles. The van der Waals surface area contributed by atoms with Gasteiger partial charge in [-0.1, -0.05) is 6.92 Å². The molecule has 0 amide bonds. The van der Waals surface area contributed by atoms with Gasteiger partial charge >= 0.3 is 0 Å². The lowest BCUT2D eigenvalue weighted by atomic mass is 10.3. The van der Waals surface area contributed by atoms with Gasteiger partial charge in [0, 0.05) is 32.4 Å². The molecule has 1 aromatic rings. The molecule has 0 bridgehead atoms. The number of hydrogen-bond donors (Lipinski definition) is 1. The maximum absolute atomic E-state index is 5.89. The first-order valence-corrected chi connectivity index (χ1v) is 5.23. The first kappa shape index (κ1) is 9.52. The van der Waals surface area contributed by atoms with Crippen molar-refractivity contribution in [2.75, 3.05) is 18.0 Å². The Balaban J connectivity index is 2.22. The summed E-state index contributed by atoms with van der Waals surface area (Å²) in [6, 6.07) is 0.333. The quantitative estimate of drug-likeness (QED) is 0.746. The minimum Gasteiger partial charge on any atom is -0.367 e. The van der Waals surface area contributed by atoms with E-state index in [4.69, 9.17) is 5.73 Å². The van der Waals surface area contributed by atoms with Crippen molar-refractivity contribution in [3.63, 3.8) is 0 Å². The summed E-state index contributed by atoms with van der Waals surface area (Å²) in [6.45, 7) is 4.18. The third-order valence-corrected chi connectivity index (χ3v) is 2.78. The van der Waals surface area contributed by atoms with Crippen molar-refractivity contribution in [3.05, 3.63) is 11.9 Å². The van der Waals surface area contributed by atoms with Crippen LogP contribution in [0.15, 0.2) is 6.20 Å². The molecule has 1 atom stereocenters. The monoisotopic (exact) mass is 194 g/mol. The van der Waals surface area contributed by atoms with Gasteiger partial charge in [0.25, 0.3) is 0 Å². The van der Waals surface area contributed by atoms with E-state index in [1.54, 1.807) is 0 Å². The lowest BCUT2D eigenvalue weighted by molar-refractivity contribution is 0.746. The van der Waals surface area contributed by atoms with Gasteiger partial charge in [-0.3, -0.25) is 4.68 Å². The second-order valence-electron chi connectivity index (χ2n) is 3.98. The SMILES string of the molecule is CCc1nn(C)cc1N1CCC(N)C1. The predicted octanol–water partition coefficient (Wildman–Crippen LogP) is 0.520. The smallest absolute Gasteiger partial charge is 0.0855 e. The van der Waals surface area contributed by atoms with E-state index in [9.17, 15) is 0 Å². The summed E-state index contributed by atoms with van der Waals surface area (Å²) in [5.41, 5.74) is 8.34. The molecule has 1 aromatic heterocycles. The highest BCUT2D eigenvalue weighted by molar-refractivity contribution is 5.50. The van der Waals surface area contributed by atoms with Crippen LogP contribution in [0.1, 0.15) is 19.0 Å². The average molecular weight is 194 g/mol. The largest absolute Gasteiger partial charge is 0.367 e. The van der Waals surface area contributed by atoms with Crippen LogP contribution in [-0.2, 0) is 13.5 Å². The van der Waals surface area contributed by atoms with E-state index < -0.39 is 0 Å². The number of hydrogen-bond acceptors (Lipinski definition) is 3. The molecule has 1 aliphatic rings. The number of aryl methyl sites for hydroxylation is 2. The lowest BCUT2D eigenvalue weighted by Gasteiger charge is -2.16. The summed E-state index contributed by atoms with van der Waals surface area (Å²) in [7, 11) is 1.97. The zero-order chi connectivity index (χ0) is 10.1. The maximum atomic E-state index is 5.89. The molecule has 2 rings (SSSR count). The van der Waals surface area contributed by atoms with Crippen LogP contribution >= 0.6 is 0 Å². The first-order valence-electron chi connectivity index (χ1n) is 5.23. The minimum atomic E-state index is 0.333. The molecule has 1 saturated heterocycles. The van der Waals surface area contributed by atoms with Crippen molar-refractivity contribution in [1.29, 1.82) is 0 Å². The maximum Gasteiger partial charge on any atom is 0.0855 e. The van der Waals surface area contributed by atoms with Crippen LogP contribution in [0, 0.1) is 0 Å². The van der Waals surface area contributed by atoms with Crippen LogP contribution in [0.3, 0.4) is 0 Å². The van der Waals surface area contributed by atoms with Crippen molar-refractivity contribution in [2.24, 2.45) is 12.8 Å². The van der Waals surface area contributed by atoms with Crippen molar-refractivity contribution >= 4 is 5.69 Å². The predicted molar refractivity (Wildman–Crippen MR) is 57.4 cm³/mol. The van der Waals surface area contributed by atoms with E-state index in [1.165, 1.54) is 11.4 Å². The second kappa shape index (κ2) is 3.61. The van der Waals surface area contributed by atoms with Crippen molar-refractivity contribution < 1.29 is 0 Å². The van der Waals surface area contributed by atoms with Gasteiger partial charge in [-0.2, -0.15) is 5.10 Å². The van der Waals surface area contributed by atoms with Crippen LogP contribution in [0.2, 0.25) is 0 Å². The van der Waals surface area contributed by atoms with Gasteiger partial charge in [0.15, 0.2) is 0 Å². The van der Waals surface area contributed by atoms with E-state index in [1.807, 2.05) is 11.7 Å². The molecule has 0 aliphatic carbocycles. The Bertz CT molecular complexity index is 318. The molecule has 1 aliphatic heterocycles. The zero-order valence-corrected chi connectivity index (χ0v) is 8.90. The lowest BCUT2D eigenvalue weighted by Crippen LogP contribution is -2.26. The van der Waals surface area contributed by atoms with Crippen molar-refractivity contribution in [3.8, 4) is 0 Å². The summed E-state index contributed by atoms with van der Waals surface area (Å²) in [5.74, 6) is 0. The Hall–Kier alpha value is -1.03. The van der Waals surface area contributed by atoms with Gasteiger partial charge in [-0.05, 0) is 12.8 Å². The minimum absolute atomic E-state index is 0.333. The van der Waals surface area contributed by atoms with E-state index in [0.717, 1.165) is 25.9 Å². The second-order valence-corrected chi connectivity index (χ2v) is 3.98. The Kier molecular flexibility index (Phi) is 2.46. The number of nitrogens with zero attached hydrogens (tertiary/aromatic N) is 3. The normalized spacial score (nSPS) is 21.9. The number of anilines is 1. The van der Waals surface area contributed by atoms with Crippen LogP contribution < -0.4 is 10.6 Å². The summed E-state index contributed by atoms with van der Waals surface area (Å²) < 4.78 is 1.89. The Morgan fingerprint density at radius 1 is 1.64 bits per heavy atom. The fourth-order valence-electron chi connectivity index (χ4n) is 2.04. The molecular formula is C10H18N4.